The maximum atomic E-state index is 14.3. The monoisotopic (exact) mass is 952 g/mol. The number of thiophene rings is 1. The van der Waals surface area contributed by atoms with E-state index in [2.05, 4.69) is 38.4 Å². The number of piperazine rings is 1. The van der Waals surface area contributed by atoms with Crippen LogP contribution >= 0.6 is 34.5 Å². The standard InChI is InChI=1S/C49H47Cl2FN6O7S/c1-28-29(2)43(51)44(30(3)50)64-36(24-58-20-18-57(4)19-21-58)26-62-35-14-15-38(63-25-34-16-17-53-46(56-34)37-8-6-7-9-39(37)61-5)32(22-35)23-40(49(59)60)65-47-42-41(28)45(66-48(42)55-27-54-47)31-10-12-33(52)13-11-31/h6-17,22,27,36,40H,1,18-21,23-26H2,2-5H3,(H,59,60)/b43-29+,44-30-/t36-,40+/m1/s1. The Labute approximate surface area is 395 Å². The number of benzene rings is 3. The fourth-order valence-corrected chi connectivity index (χ4v) is 9.36. The van der Waals surface area contributed by atoms with E-state index in [1.165, 1.54) is 29.8 Å². The molecule has 17 heteroatoms. The quantitative estimate of drug-likeness (QED) is 0.147. The Balaban J connectivity index is 1.23. The molecule has 2 bridgehead atoms. The van der Waals surface area contributed by atoms with Crippen LogP contribution in [0.4, 0.5) is 4.39 Å². The number of carbonyl (C=O) groups is 1. The first kappa shape index (κ1) is 46.4. The predicted octanol–water partition coefficient (Wildman–Crippen LogP) is 9.64. The number of aliphatic carboxylic acids is 1. The van der Waals surface area contributed by atoms with Crippen LogP contribution in [0.25, 0.3) is 37.6 Å². The number of allylic oxidation sites excluding steroid dienone is 4. The number of nitrogens with zero attached hydrogens (tertiary/aromatic N) is 6. The number of rotatable bonds is 9. The number of aromatic nitrogens is 4. The van der Waals surface area contributed by atoms with Gasteiger partial charge in [-0.15, -0.1) is 11.3 Å². The summed E-state index contributed by atoms with van der Waals surface area (Å²) in [7, 11) is 3.68. The predicted molar refractivity (Wildman–Crippen MR) is 254 cm³/mol. The Kier molecular flexibility index (Phi) is 14.5. The van der Waals surface area contributed by atoms with E-state index in [1.54, 1.807) is 63.6 Å². The molecule has 6 aromatic rings. The molecule has 13 nitrogen and oxygen atoms in total. The number of fused-ring (bicyclic) bond motifs is 2. The molecule has 0 radical (unpaired) electrons. The van der Waals surface area contributed by atoms with Gasteiger partial charge < -0.3 is 33.7 Å². The largest absolute Gasteiger partial charge is 0.496 e. The van der Waals surface area contributed by atoms with Crippen LogP contribution in [0.5, 0.6) is 23.1 Å². The van der Waals surface area contributed by atoms with Crippen molar-refractivity contribution >= 4 is 56.3 Å². The number of carboxylic acid groups (broad SMARTS) is 1. The highest BCUT2D eigenvalue weighted by Crippen LogP contribution is 2.47. The molecular weight excluding hydrogens is 907 g/mol. The highest BCUT2D eigenvalue weighted by atomic mass is 35.5. The number of carboxylic acids is 1. The third-order valence-corrected chi connectivity index (χ3v) is 13.1. The van der Waals surface area contributed by atoms with Crippen molar-refractivity contribution < 1.29 is 38.0 Å². The topological polar surface area (TPSA) is 141 Å². The minimum Gasteiger partial charge on any atom is -0.496 e. The fourth-order valence-electron chi connectivity index (χ4n) is 7.71. The van der Waals surface area contributed by atoms with Crippen LogP contribution < -0.4 is 18.9 Å². The Morgan fingerprint density at radius 2 is 1.79 bits per heavy atom. The van der Waals surface area contributed by atoms with Gasteiger partial charge in [0.2, 0.25) is 12.0 Å². The van der Waals surface area contributed by atoms with Crippen molar-refractivity contribution in [2.45, 2.75) is 39.1 Å². The minimum atomic E-state index is -1.48. The molecule has 0 spiro atoms. The smallest absolute Gasteiger partial charge is 0.345 e. The summed E-state index contributed by atoms with van der Waals surface area (Å²) in [5, 5.41) is 11.7. The average molecular weight is 954 g/mol. The van der Waals surface area contributed by atoms with Gasteiger partial charge in [-0.1, -0.05) is 54.0 Å². The minimum absolute atomic E-state index is 0.00564. The Morgan fingerprint density at radius 3 is 2.53 bits per heavy atom. The van der Waals surface area contributed by atoms with Crippen LogP contribution in [-0.4, -0.2) is 107 Å². The highest BCUT2D eigenvalue weighted by Gasteiger charge is 2.30. The summed E-state index contributed by atoms with van der Waals surface area (Å²) in [6.45, 7) is 12.0. The Morgan fingerprint density at radius 1 is 1.02 bits per heavy atom. The summed E-state index contributed by atoms with van der Waals surface area (Å²) in [5.74, 6) is 0.466. The number of ether oxygens (including phenoxy) is 5. The lowest BCUT2D eigenvalue weighted by Gasteiger charge is -2.35. The van der Waals surface area contributed by atoms with Gasteiger partial charge in [0, 0.05) is 61.3 Å². The third kappa shape index (κ3) is 10.5. The zero-order chi connectivity index (χ0) is 46.5. The normalized spacial score (nSPS) is 19.6. The molecule has 0 amide bonds. The van der Waals surface area contributed by atoms with Crippen LogP contribution in [0.1, 0.15) is 30.7 Å². The van der Waals surface area contributed by atoms with Gasteiger partial charge in [-0.3, -0.25) is 4.90 Å². The second kappa shape index (κ2) is 20.6. The van der Waals surface area contributed by atoms with Gasteiger partial charge >= 0.3 is 5.97 Å². The molecule has 2 atom stereocenters. The van der Waals surface area contributed by atoms with Gasteiger partial charge in [0.25, 0.3) is 0 Å². The second-order valence-corrected chi connectivity index (χ2v) is 17.8. The lowest BCUT2D eigenvalue weighted by Crippen LogP contribution is -2.48. The maximum Gasteiger partial charge on any atom is 0.345 e. The molecule has 342 valence electrons. The van der Waals surface area contributed by atoms with Crippen molar-refractivity contribution in [2.75, 3.05) is 53.5 Å². The summed E-state index contributed by atoms with van der Waals surface area (Å²) >= 11 is 15.4. The van der Waals surface area contributed by atoms with Crippen LogP contribution in [0.3, 0.4) is 0 Å². The Hall–Kier alpha value is -6.10. The van der Waals surface area contributed by atoms with E-state index in [9.17, 15) is 14.3 Å². The molecule has 3 aromatic carbocycles. The first-order valence-corrected chi connectivity index (χ1v) is 22.7. The number of halogens is 3. The van der Waals surface area contributed by atoms with Crippen molar-refractivity contribution in [3.05, 3.63) is 136 Å². The van der Waals surface area contributed by atoms with E-state index in [4.69, 9.17) is 51.9 Å². The fraction of sp³-hybridized carbons (Fsp3) is 0.286. The van der Waals surface area contributed by atoms with Crippen molar-refractivity contribution in [1.29, 1.82) is 0 Å². The van der Waals surface area contributed by atoms with Crippen LogP contribution in [0, 0.1) is 5.82 Å². The summed E-state index contributed by atoms with van der Waals surface area (Å²) in [6.07, 6.45) is 0.737. The molecule has 3 aromatic heterocycles. The maximum absolute atomic E-state index is 14.3. The molecular formula is C49H47Cl2FN6O7S. The van der Waals surface area contributed by atoms with E-state index in [1.807, 2.05) is 24.3 Å². The molecule has 2 aliphatic rings. The number of para-hydroxylation sites is 1. The van der Waals surface area contributed by atoms with E-state index < -0.39 is 24.0 Å². The molecule has 5 heterocycles. The molecule has 2 aliphatic heterocycles. The summed E-state index contributed by atoms with van der Waals surface area (Å²) in [4.78, 5) is 37.3. The molecule has 1 N–H and O–H groups in total. The summed E-state index contributed by atoms with van der Waals surface area (Å²) in [6, 6.07) is 20.4. The van der Waals surface area contributed by atoms with Gasteiger partial charge in [0.05, 0.1) is 33.8 Å². The van der Waals surface area contributed by atoms with Gasteiger partial charge in [-0.2, -0.15) is 0 Å². The Bertz CT molecular complexity index is 2830. The van der Waals surface area contributed by atoms with E-state index in [0.717, 1.165) is 26.2 Å². The van der Waals surface area contributed by atoms with E-state index in [-0.39, 0.29) is 36.3 Å². The number of hydrogen-bond donors (Lipinski definition) is 1. The molecule has 0 aliphatic carbocycles. The molecule has 1 fully saturated rings. The highest BCUT2D eigenvalue weighted by molar-refractivity contribution is 7.22. The summed E-state index contributed by atoms with van der Waals surface area (Å²) in [5.41, 5.74) is 3.90. The van der Waals surface area contributed by atoms with Crippen molar-refractivity contribution in [1.82, 2.24) is 29.7 Å². The number of methoxy groups -OCH3 is 1. The number of hydrogen-bond acceptors (Lipinski definition) is 13. The SMILES string of the molecule is C=C1/C(C)=C(Cl)\C(=C(/C)Cl)O[C@H](CN2CCN(C)CC2)COc2ccc(OCc3ccnc(-c4ccccc4OC)n3)c(c2)C[C@@H](C(=O)O)Oc2ncnc3sc(-c4ccc(F)cc4)c1c23. The molecule has 1 saturated heterocycles. The van der Waals surface area contributed by atoms with Crippen molar-refractivity contribution in [3.63, 3.8) is 0 Å². The van der Waals surface area contributed by atoms with Crippen LogP contribution in [0.15, 0.2) is 113 Å². The lowest BCUT2D eigenvalue weighted by molar-refractivity contribution is -0.145. The van der Waals surface area contributed by atoms with Crippen LogP contribution in [0.2, 0.25) is 0 Å². The molecule has 0 saturated carbocycles. The van der Waals surface area contributed by atoms with Gasteiger partial charge in [0.15, 0.2) is 11.6 Å². The first-order valence-electron chi connectivity index (χ1n) is 21.1. The van der Waals surface area contributed by atoms with Gasteiger partial charge in [-0.05, 0) is 86.1 Å². The third-order valence-electron chi connectivity index (χ3n) is 11.3. The molecule has 0 unspecified atom stereocenters. The van der Waals surface area contributed by atoms with Gasteiger partial charge in [0.1, 0.15) is 53.5 Å². The molecule has 66 heavy (non-hydrogen) atoms. The van der Waals surface area contributed by atoms with Crippen molar-refractivity contribution in [3.8, 4) is 45.0 Å². The van der Waals surface area contributed by atoms with Gasteiger partial charge in [-0.25, -0.2) is 29.1 Å². The average Bonchev–Trinajstić information content (AvgIpc) is 3.72. The first-order chi connectivity index (χ1) is 31.9. The van der Waals surface area contributed by atoms with E-state index in [0.29, 0.717) is 88.8 Å². The lowest BCUT2D eigenvalue weighted by atomic mass is 9.95. The second-order valence-electron chi connectivity index (χ2n) is 15.9. The van der Waals surface area contributed by atoms with Crippen LogP contribution in [-0.2, 0) is 22.6 Å². The zero-order valence-corrected chi connectivity index (χ0v) is 39.1. The number of likely N-dealkylation sites (N-methyl/N-ethyl adjacent to an activating group) is 1. The van der Waals surface area contributed by atoms with E-state index >= 15 is 0 Å². The zero-order valence-electron chi connectivity index (χ0n) is 36.7. The molecule has 8 rings (SSSR count). The van der Waals surface area contributed by atoms with Crippen molar-refractivity contribution in [2.24, 2.45) is 0 Å². The summed E-state index contributed by atoms with van der Waals surface area (Å²) < 4.78 is 45.9.